The van der Waals surface area contributed by atoms with Gasteiger partial charge in [-0.3, -0.25) is 9.59 Å². The smallest absolute Gasteiger partial charge is 0.321 e. The van der Waals surface area contributed by atoms with Crippen molar-refractivity contribution in [3.8, 4) is 0 Å². The molecule has 18 heavy (non-hydrogen) atoms. The Balaban J connectivity index is 3.68. The molecule has 0 rings (SSSR count). The molecule has 6 nitrogen and oxygen atoms in total. The first-order valence-electron chi connectivity index (χ1n) is 6.04. The monoisotopic (exact) mass is 277 g/mol. The second-order valence-corrected chi connectivity index (χ2v) is 6.51. The zero-order chi connectivity index (χ0) is 14.2. The van der Waals surface area contributed by atoms with E-state index in [0.717, 1.165) is 12.5 Å². The lowest BCUT2D eigenvalue weighted by Gasteiger charge is -2.20. The van der Waals surface area contributed by atoms with E-state index in [1.54, 1.807) is 0 Å². The Bertz CT molecular complexity index is 277. The van der Waals surface area contributed by atoms with Crippen molar-refractivity contribution in [3.63, 3.8) is 0 Å². The second kappa shape index (κ2) is 8.23. The van der Waals surface area contributed by atoms with Gasteiger partial charge in [0.15, 0.2) is 9.76 Å². The molecule has 0 saturated heterocycles. The van der Waals surface area contributed by atoms with Crippen LogP contribution < -0.4 is 5.32 Å². The highest BCUT2D eigenvalue weighted by molar-refractivity contribution is 6.27. The van der Waals surface area contributed by atoms with Crippen molar-refractivity contribution in [3.05, 3.63) is 0 Å². The molecule has 3 N–H and O–H groups in total. The van der Waals surface area contributed by atoms with Gasteiger partial charge >= 0.3 is 11.9 Å². The molecule has 1 unspecified atom stereocenters. The fourth-order valence-corrected chi connectivity index (χ4v) is 2.51. The van der Waals surface area contributed by atoms with Gasteiger partial charge in [-0.25, -0.2) is 0 Å². The van der Waals surface area contributed by atoms with Crippen molar-refractivity contribution in [1.29, 1.82) is 0 Å². The summed E-state index contributed by atoms with van der Waals surface area (Å²) in [4.78, 5) is 21.2. The van der Waals surface area contributed by atoms with E-state index in [0.29, 0.717) is 6.54 Å². The molecule has 0 radical (unpaired) electrons. The molecule has 0 fully saturated rings. The van der Waals surface area contributed by atoms with Crippen molar-refractivity contribution in [2.24, 2.45) is 0 Å². The standard InChI is InChI=1S/C11H23NO5Si/c1-11(2,3)17-18-6-4-5-12-8(10(15)16)7-9(13)14/h8,12H,4-7,18H2,1-3H3,(H,13,14)(H,15,16). The maximum Gasteiger partial charge on any atom is 0.321 e. The van der Waals surface area contributed by atoms with Crippen LogP contribution in [-0.4, -0.2) is 50.1 Å². The zero-order valence-electron chi connectivity index (χ0n) is 11.2. The number of carboxylic acid groups (broad SMARTS) is 2. The third-order valence-corrected chi connectivity index (χ3v) is 4.03. The number of nitrogens with one attached hydrogen (secondary N) is 1. The van der Waals surface area contributed by atoms with Crippen molar-refractivity contribution in [1.82, 2.24) is 5.32 Å². The highest BCUT2D eigenvalue weighted by atomic mass is 28.2. The molecular formula is C11H23NO5Si. The van der Waals surface area contributed by atoms with Crippen LogP contribution in [0.1, 0.15) is 33.6 Å². The fraction of sp³-hybridized carbons (Fsp3) is 0.818. The minimum atomic E-state index is -1.12. The van der Waals surface area contributed by atoms with Crippen molar-refractivity contribution >= 4 is 21.7 Å². The number of carbonyl (C=O) groups is 2. The van der Waals surface area contributed by atoms with Crippen LogP contribution in [0, 0.1) is 0 Å². The van der Waals surface area contributed by atoms with Crippen LogP contribution in [0.2, 0.25) is 6.04 Å². The molecule has 0 aliphatic heterocycles. The molecule has 0 spiro atoms. The summed E-state index contributed by atoms with van der Waals surface area (Å²) in [5.41, 5.74) is -0.105. The van der Waals surface area contributed by atoms with E-state index in [1.807, 2.05) is 20.8 Å². The van der Waals surface area contributed by atoms with E-state index in [1.165, 1.54) is 0 Å². The van der Waals surface area contributed by atoms with Crippen LogP contribution in [-0.2, 0) is 14.0 Å². The third kappa shape index (κ3) is 10.2. The average Bonchev–Trinajstić information content (AvgIpc) is 2.18. The summed E-state index contributed by atoms with van der Waals surface area (Å²) in [6, 6.07) is -0.0587. The van der Waals surface area contributed by atoms with Crippen LogP contribution in [0.25, 0.3) is 0 Å². The number of hydrogen-bond donors (Lipinski definition) is 3. The first-order chi connectivity index (χ1) is 8.22. The van der Waals surface area contributed by atoms with Gasteiger partial charge in [-0.2, -0.15) is 0 Å². The molecule has 1 atom stereocenters. The predicted octanol–water partition coefficient (Wildman–Crippen LogP) is 0.211. The van der Waals surface area contributed by atoms with Gasteiger partial charge in [0.2, 0.25) is 0 Å². The third-order valence-electron chi connectivity index (χ3n) is 2.17. The predicted molar refractivity (Wildman–Crippen MR) is 70.5 cm³/mol. The normalized spacial score (nSPS) is 13.9. The Morgan fingerprint density at radius 2 is 1.94 bits per heavy atom. The molecule has 0 aliphatic rings. The maximum atomic E-state index is 10.7. The minimum Gasteiger partial charge on any atom is -0.481 e. The van der Waals surface area contributed by atoms with E-state index in [2.05, 4.69) is 5.32 Å². The molecule has 0 amide bonds. The highest BCUT2D eigenvalue weighted by Gasteiger charge is 2.19. The maximum absolute atomic E-state index is 10.7. The Labute approximate surface area is 110 Å². The summed E-state index contributed by atoms with van der Waals surface area (Å²) in [5.74, 6) is -2.24. The molecule has 0 saturated carbocycles. The summed E-state index contributed by atoms with van der Waals surface area (Å²) in [6.07, 6.45) is 0.414. The van der Waals surface area contributed by atoms with Gasteiger partial charge in [0.1, 0.15) is 6.04 Å². The Kier molecular flexibility index (Phi) is 7.80. The SMILES string of the molecule is CC(C)(C)O[SiH2]CCCNC(CC(=O)O)C(=O)O. The molecule has 0 heterocycles. The Hall–Kier alpha value is -0.923. The van der Waals surface area contributed by atoms with Crippen LogP contribution in [0.4, 0.5) is 0 Å². The van der Waals surface area contributed by atoms with Crippen LogP contribution in [0.5, 0.6) is 0 Å². The van der Waals surface area contributed by atoms with Gasteiger partial charge in [-0.1, -0.05) is 0 Å². The summed E-state index contributed by atoms with van der Waals surface area (Å²) >= 11 is 0. The van der Waals surface area contributed by atoms with E-state index < -0.39 is 34.2 Å². The van der Waals surface area contributed by atoms with Crippen LogP contribution in [0.3, 0.4) is 0 Å². The van der Waals surface area contributed by atoms with Gasteiger partial charge in [0.25, 0.3) is 0 Å². The molecule has 0 aromatic rings. The van der Waals surface area contributed by atoms with Crippen molar-refractivity contribution < 1.29 is 24.2 Å². The minimum absolute atomic E-state index is 0.105. The van der Waals surface area contributed by atoms with Gasteiger partial charge in [-0.05, 0) is 39.8 Å². The molecule has 7 heteroatoms. The first-order valence-corrected chi connectivity index (χ1v) is 7.62. The zero-order valence-corrected chi connectivity index (χ0v) is 12.6. The largest absolute Gasteiger partial charge is 0.481 e. The average molecular weight is 277 g/mol. The van der Waals surface area contributed by atoms with E-state index >= 15 is 0 Å². The number of carboxylic acids is 2. The molecule has 106 valence electrons. The summed E-state index contributed by atoms with van der Waals surface area (Å²) in [7, 11) is -0.583. The van der Waals surface area contributed by atoms with Crippen molar-refractivity contribution in [2.45, 2.75) is 51.3 Å². The number of hydrogen-bond acceptors (Lipinski definition) is 4. The Morgan fingerprint density at radius 3 is 2.39 bits per heavy atom. The number of rotatable bonds is 9. The molecular weight excluding hydrogens is 254 g/mol. The lowest BCUT2D eigenvalue weighted by atomic mass is 10.2. The first kappa shape index (κ1) is 17.1. The van der Waals surface area contributed by atoms with Gasteiger partial charge in [-0.15, -0.1) is 0 Å². The van der Waals surface area contributed by atoms with Crippen LogP contribution >= 0.6 is 0 Å². The van der Waals surface area contributed by atoms with Crippen LogP contribution in [0.15, 0.2) is 0 Å². The van der Waals surface area contributed by atoms with E-state index in [-0.39, 0.29) is 5.60 Å². The summed E-state index contributed by atoms with van der Waals surface area (Å²) in [5, 5.41) is 20.1. The number of aliphatic carboxylic acids is 2. The van der Waals surface area contributed by atoms with Gasteiger partial charge in [0, 0.05) is 5.60 Å². The topological polar surface area (TPSA) is 95.9 Å². The molecule has 0 aromatic carbocycles. The van der Waals surface area contributed by atoms with E-state index in [9.17, 15) is 9.59 Å². The second-order valence-electron chi connectivity index (χ2n) is 5.11. The molecule has 0 bridgehead atoms. The fourth-order valence-electron chi connectivity index (χ4n) is 1.30. The van der Waals surface area contributed by atoms with Gasteiger partial charge < -0.3 is 20.0 Å². The lowest BCUT2D eigenvalue weighted by Crippen LogP contribution is -2.39. The molecule has 0 aliphatic carbocycles. The summed E-state index contributed by atoms with van der Waals surface area (Å²) < 4.78 is 5.65. The quantitative estimate of drug-likeness (QED) is 0.412. The molecule has 0 aromatic heterocycles. The van der Waals surface area contributed by atoms with Gasteiger partial charge in [0.05, 0.1) is 6.42 Å². The lowest BCUT2D eigenvalue weighted by molar-refractivity contribution is -0.145. The highest BCUT2D eigenvalue weighted by Crippen LogP contribution is 2.06. The van der Waals surface area contributed by atoms with E-state index in [4.69, 9.17) is 14.6 Å². The Morgan fingerprint density at radius 1 is 1.33 bits per heavy atom. The summed E-state index contributed by atoms with van der Waals surface area (Å²) in [6.45, 7) is 6.52. The van der Waals surface area contributed by atoms with Crippen molar-refractivity contribution in [2.75, 3.05) is 6.54 Å².